The number of hydrogen-bond donors (Lipinski definition) is 2. The molecular formula is C16H24N2O. The van der Waals surface area contributed by atoms with Gasteiger partial charge in [0.15, 0.2) is 0 Å². The van der Waals surface area contributed by atoms with Crippen molar-refractivity contribution in [3.63, 3.8) is 0 Å². The third-order valence-electron chi connectivity index (χ3n) is 4.19. The van der Waals surface area contributed by atoms with Gasteiger partial charge in [0.2, 0.25) is 5.91 Å². The Labute approximate surface area is 115 Å². The third kappa shape index (κ3) is 3.35. The molecule has 1 fully saturated rings. The fourth-order valence-electron chi connectivity index (χ4n) is 2.63. The number of nitrogens with one attached hydrogen (secondary N) is 1. The number of amides is 1. The van der Waals surface area contributed by atoms with Crippen LogP contribution >= 0.6 is 0 Å². The molecule has 1 aromatic carbocycles. The first-order valence-electron chi connectivity index (χ1n) is 7.07. The molecule has 0 saturated heterocycles. The van der Waals surface area contributed by atoms with Crippen LogP contribution in [0.25, 0.3) is 0 Å². The topological polar surface area (TPSA) is 55.1 Å². The van der Waals surface area contributed by atoms with Gasteiger partial charge in [0.05, 0.1) is 0 Å². The zero-order chi connectivity index (χ0) is 14.0. The second-order valence-electron chi connectivity index (χ2n) is 5.83. The standard InChI is InChI=1S/C16H24N2O/c1-10-6-12(3)13(7-11(10)2)4-5-18-16(19)14-8-15(17)9-14/h6-7,14-15H,4-5,8-9,17H2,1-3H3,(H,18,19). The quantitative estimate of drug-likeness (QED) is 0.870. The maximum atomic E-state index is 11.8. The molecule has 1 aliphatic carbocycles. The van der Waals surface area contributed by atoms with E-state index in [0.29, 0.717) is 6.54 Å². The second-order valence-corrected chi connectivity index (χ2v) is 5.83. The first-order chi connectivity index (χ1) is 8.97. The molecule has 0 aliphatic heterocycles. The average Bonchev–Trinajstić information content (AvgIpc) is 2.31. The lowest BCUT2D eigenvalue weighted by atomic mass is 9.80. The van der Waals surface area contributed by atoms with Crippen LogP contribution in [0.1, 0.15) is 35.1 Å². The molecule has 0 bridgehead atoms. The normalized spacial score (nSPS) is 21.9. The van der Waals surface area contributed by atoms with E-state index >= 15 is 0 Å². The van der Waals surface area contributed by atoms with Gasteiger partial charge in [-0.15, -0.1) is 0 Å². The highest BCUT2D eigenvalue weighted by molar-refractivity contribution is 5.79. The Morgan fingerprint density at radius 3 is 2.47 bits per heavy atom. The fraction of sp³-hybridized carbons (Fsp3) is 0.562. The molecule has 3 heteroatoms. The molecule has 3 N–H and O–H groups in total. The maximum Gasteiger partial charge on any atom is 0.223 e. The molecule has 0 atom stereocenters. The number of benzene rings is 1. The molecule has 0 radical (unpaired) electrons. The molecule has 0 heterocycles. The highest BCUT2D eigenvalue weighted by Crippen LogP contribution is 2.25. The zero-order valence-electron chi connectivity index (χ0n) is 12.1. The maximum absolute atomic E-state index is 11.8. The Morgan fingerprint density at radius 1 is 1.21 bits per heavy atom. The predicted molar refractivity (Wildman–Crippen MR) is 78.1 cm³/mol. The van der Waals surface area contributed by atoms with Crippen molar-refractivity contribution < 1.29 is 4.79 Å². The Hall–Kier alpha value is -1.35. The number of hydrogen-bond acceptors (Lipinski definition) is 2. The van der Waals surface area contributed by atoms with E-state index in [1.165, 1.54) is 22.3 Å². The second kappa shape index (κ2) is 5.74. The SMILES string of the molecule is Cc1cc(C)c(CCNC(=O)C2CC(N)C2)cc1C. The number of carbonyl (C=O) groups excluding carboxylic acids is 1. The monoisotopic (exact) mass is 260 g/mol. The molecule has 19 heavy (non-hydrogen) atoms. The van der Waals surface area contributed by atoms with Crippen LogP contribution in [0.2, 0.25) is 0 Å². The summed E-state index contributed by atoms with van der Waals surface area (Å²) in [5.41, 5.74) is 11.0. The van der Waals surface area contributed by atoms with Gasteiger partial charge >= 0.3 is 0 Å². The highest BCUT2D eigenvalue weighted by Gasteiger charge is 2.31. The fourth-order valence-corrected chi connectivity index (χ4v) is 2.63. The summed E-state index contributed by atoms with van der Waals surface area (Å²) in [6, 6.07) is 4.69. The molecule has 104 valence electrons. The van der Waals surface area contributed by atoms with Crippen LogP contribution in [0.3, 0.4) is 0 Å². The molecule has 0 unspecified atom stereocenters. The largest absolute Gasteiger partial charge is 0.356 e. The molecule has 1 aliphatic rings. The summed E-state index contributed by atoms with van der Waals surface area (Å²) >= 11 is 0. The summed E-state index contributed by atoms with van der Waals surface area (Å²) in [6.07, 6.45) is 2.58. The summed E-state index contributed by atoms with van der Waals surface area (Å²) in [6.45, 7) is 7.11. The van der Waals surface area contributed by atoms with Crippen molar-refractivity contribution in [2.24, 2.45) is 11.7 Å². The van der Waals surface area contributed by atoms with Gasteiger partial charge in [-0.2, -0.15) is 0 Å². The van der Waals surface area contributed by atoms with Crippen LogP contribution in [0.4, 0.5) is 0 Å². The van der Waals surface area contributed by atoms with Crippen molar-refractivity contribution in [2.45, 2.75) is 46.1 Å². The van der Waals surface area contributed by atoms with Crippen molar-refractivity contribution in [3.05, 3.63) is 34.4 Å². The Balaban J connectivity index is 1.82. The van der Waals surface area contributed by atoms with Crippen LogP contribution in [0.5, 0.6) is 0 Å². The van der Waals surface area contributed by atoms with Gasteiger partial charge in [0, 0.05) is 18.5 Å². The number of rotatable bonds is 4. The van der Waals surface area contributed by atoms with Crippen molar-refractivity contribution >= 4 is 5.91 Å². The van der Waals surface area contributed by atoms with E-state index in [0.717, 1.165) is 19.3 Å². The summed E-state index contributed by atoms with van der Waals surface area (Å²) in [5, 5.41) is 3.02. The van der Waals surface area contributed by atoms with Gasteiger partial charge in [-0.1, -0.05) is 12.1 Å². The van der Waals surface area contributed by atoms with Crippen molar-refractivity contribution in [1.29, 1.82) is 0 Å². The minimum atomic E-state index is 0.149. The predicted octanol–water partition coefficient (Wildman–Crippen LogP) is 2.01. The smallest absolute Gasteiger partial charge is 0.223 e. The molecule has 0 spiro atoms. The Kier molecular flexibility index (Phi) is 4.25. The third-order valence-corrected chi connectivity index (χ3v) is 4.19. The lowest BCUT2D eigenvalue weighted by molar-refractivity contribution is -0.127. The van der Waals surface area contributed by atoms with Crippen molar-refractivity contribution in [2.75, 3.05) is 6.54 Å². The van der Waals surface area contributed by atoms with Gasteiger partial charge in [0.25, 0.3) is 0 Å². The van der Waals surface area contributed by atoms with Crippen molar-refractivity contribution in [3.8, 4) is 0 Å². The summed E-state index contributed by atoms with van der Waals surface area (Å²) in [5.74, 6) is 0.319. The average molecular weight is 260 g/mol. The van der Waals surface area contributed by atoms with Gasteiger partial charge in [-0.3, -0.25) is 4.79 Å². The van der Waals surface area contributed by atoms with Crippen LogP contribution in [0, 0.1) is 26.7 Å². The van der Waals surface area contributed by atoms with Crippen LogP contribution in [0.15, 0.2) is 12.1 Å². The van der Waals surface area contributed by atoms with Gasteiger partial charge in [-0.05, 0) is 62.3 Å². The van der Waals surface area contributed by atoms with E-state index in [-0.39, 0.29) is 17.9 Å². The Morgan fingerprint density at radius 2 is 1.84 bits per heavy atom. The molecule has 0 aromatic heterocycles. The molecule has 1 saturated carbocycles. The summed E-state index contributed by atoms with van der Waals surface area (Å²) in [4.78, 5) is 11.8. The minimum Gasteiger partial charge on any atom is -0.356 e. The van der Waals surface area contributed by atoms with E-state index in [1.54, 1.807) is 0 Å². The molecule has 1 amide bonds. The van der Waals surface area contributed by atoms with Crippen LogP contribution < -0.4 is 11.1 Å². The van der Waals surface area contributed by atoms with Crippen LogP contribution in [-0.2, 0) is 11.2 Å². The molecule has 1 aromatic rings. The first kappa shape index (κ1) is 14.1. The minimum absolute atomic E-state index is 0.149. The molecule has 2 rings (SSSR count). The van der Waals surface area contributed by atoms with Gasteiger partial charge in [-0.25, -0.2) is 0 Å². The first-order valence-corrected chi connectivity index (χ1v) is 7.07. The highest BCUT2D eigenvalue weighted by atomic mass is 16.1. The van der Waals surface area contributed by atoms with Crippen molar-refractivity contribution in [1.82, 2.24) is 5.32 Å². The van der Waals surface area contributed by atoms with E-state index in [2.05, 4.69) is 38.2 Å². The van der Waals surface area contributed by atoms with E-state index in [4.69, 9.17) is 5.73 Å². The van der Waals surface area contributed by atoms with Gasteiger partial charge in [0.1, 0.15) is 0 Å². The van der Waals surface area contributed by atoms with Crippen LogP contribution in [-0.4, -0.2) is 18.5 Å². The van der Waals surface area contributed by atoms with E-state index in [1.807, 2.05) is 0 Å². The van der Waals surface area contributed by atoms with E-state index < -0.39 is 0 Å². The summed E-state index contributed by atoms with van der Waals surface area (Å²) < 4.78 is 0. The zero-order valence-corrected chi connectivity index (χ0v) is 12.1. The summed E-state index contributed by atoms with van der Waals surface area (Å²) in [7, 11) is 0. The number of aryl methyl sites for hydroxylation is 3. The number of carbonyl (C=O) groups is 1. The Bertz CT molecular complexity index is 476. The lowest BCUT2D eigenvalue weighted by Crippen LogP contribution is -2.45. The number of nitrogens with two attached hydrogens (primary N) is 1. The molecule has 3 nitrogen and oxygen atoms in total. The van der Waals surface area contributed by atoms with Gasteiger partial charge < -0.3 is 11.1 Å². The lowest BCUT2D eigenvalue weighted by Gasteiger charge is -2.31. The molecular weight excluding hydrogens is 236 g/mol. The van der Waals surface area contributed by atoms with E-state index in [9.17, 15) is 4.79 Å².